The lowest BCUT2D eigenvalue weighted by Crippen LogP contribution is -2.29. The first-order valence-corrected chi connectivity index (χ1v) is 7.92. The van der Waals surface area contributed by atoms with Gasteiger partial charge in [0, 0.05) is 11.6 Å². The van der Waals surface area contributed by atoms with Gasteiger partial charge in [-0.3, -0.25) is 0 Å². The average molecular weight is 328 g/mol. The highest BCUT2D eigenvalue weighted by atomic mass is 79.9. The molecule has 1 unspecified atom stereocenters. The first-order chi connectivity index (χ1) is 9.24. The van der Waals surface area contributed by atoms with Crippen molar-refractivity contribution in [3.8, 4) is 5.75 Å². The third kappa shape index (κ3) is 2.95. The van der Waals surface area contributed by atoms with Crippen molar-refractivity contribution in [2.75, 3.05) is 6.54 Å². The van der Waals surface area contributed by atoms with Gasteiger partial charge in [0.05, 0.1) is 10.6 Å². The van der Waals surface area contributed by atoms with Crippen molar-refractivity contribution in [1.82, 2.24) is 5.32 Å². The van der Waals surface area contributed by atoms with Crippen molar-refractivity contribution in [1.29, 1.82) is 0 Å². The summed E-state index contributed by atoms with van der Waals surface area (Å²) in [5.41, 5.74) is 0.971. The topological polar surface area (TPSA) is 21.3 Å². The van der Waals surface area contributed by atoms with Crippen LogP contribution in [0.2, 0.25) is 0 Å². The van der Waals surface area contributed by atoms with Gasteiger partial charge in [0.15, 0.2) is 0 Å². The number of hydrogen-bond acceptors (Lipinski definition) is 2. The van der Waals surface area contributed by atoms with E-state index in [-0.39, 0.29) is 11.9 Å². The van der Waals surface area contributed by atoms with Gasteiger partial charge >= 0.3 is 0 Å². The Labute approximate surface area is 121 Å². The maximum atomic E-state index is 13.7. The molecule has 1 atom stereocenters. The van der Waals surface area contributed by atoms with Crippen LogP contribution < -0.4 is 10.1 Å². The van der Waals surface area contributed by atoms with Crippen molar-refractivity contribution < 1.29 is 9.13 Å². The molecule has 2 aliphatic rings. The Bertz CT molecular complexity index is 456. The van der Waals surface area contributed by atoms with E-state index in [4.69, 9.17) is 4.74 Å². The number of nitrogens with one attached hydrogen (secondary N) is 1. The van der Waals surface area contributed by atoms with E-state index in [0.29, 0.717) is 6.10 Å². The fourth-order valence-corrected chi connectivity index (χ4v) is 3.28. The summed E-state index contributed by atoms with van der Waals surface area (Å²) in [5, 5.41) is 3.47. The molecule has 1 saturated heterocycles. The van der Waals surface area contributed by atoms with Gasteiger partial charge in [-0.05, 0) is 66.7 Å². The summed E-state index contributed by atoms with van der Waals surface area (Å²) in [6.45, 7) is 1.00. The zero-order valence-electron chi connectivity index (χ0n) is 10.9. The van der Waals surface area contributed by atoms with E-state index in [1.807, 2.05) is 0 Å². The van der Waals surface area contributed by atoms with Gasteiger partial charge in [0.1, 0.15) is 11.6 Å². The van der Waals surface area contributed by atoms with Crippen LogP contribution >= 0.6 is 15.9 Å². The minimum Gasteiger partial charge on any atom is -0.489 e. The molecule has 1 aromatic rings. The Morgan fingerprint density at radius 2 is 2.00 bits per heavy atom. The normalized spacial score (nSPS) is 24.0. The SMILES string of the molecule is Fc1cc(Br)c(OC2CCC2)c(C2CCCCN2)c1. The zero-order valence-corrected chi connectivity index (χ0v) is 12.5. The summed E-state index contributed by atoms with van der Waals surface area (Å²) in [6, 6.07) is 3.35. The molecule has 1 heterocycles. The third-order valence-corrected chi connectivity index (χ3v) is 4.65. The summed E-state index contributed by atoms with van der Waals surface area (Å²) in [7, 11) is 0. The monoisotopic (exact) mass is 327 g/mol. The van der Waals surface area contributed by atoms with E-state index < -0.39 is 0 Å². The van der Waals surface area contributed by atoms with Crippen LogP contribution in [0.25, 0.3) is 0 Å². The molecule has 1 N–H and O–H groups in total. The van der Waals surface area contributed by atoms with E-state index in [0.717, 1.165) is 41.6 Å². The van der Waals surface area contributed by atoms with Crippen LogP contribution in [0.5, 0.6) is 5.75 Å². The van der Waals surface area contributed by atoms with Crippen LogP contribution in [0.1, 0.15) is 50.1 Å². The quantitative estimate of drug-likeness (QED) is 0.891. The highest BCUT2D eigenvalue weighted by molar-refractivity contribution is 9.10. The lowest BCUT2D eigenvalue weighted by atomic mass is 9.94. The standard InChI is InChI=1S/C15H19BrFNO/c16-13-9-10(17)8-12(14-6-1-2-7-18-14)15(13)19-11-4-3-5-11/h8-9,11,14,18H,1-7H2. The molecule has 1 aliphatic heterocycles. The summed E-state index contributed by atoms with van der Waals surface area (Å²) in [6.07, 6.45) is 7.21. The molecule has 1 aliphatic carbocycles. The Morgan fingerprint density at radius 1 is 1.16 bits per heavy atom. The molecule has 0 radical (unpaired) electrons. The van der Waals surface area contributed by atoms with Crippen molar-refractivity contribution in [3.63, 3.8) is 0 Å². The Balaban J connectivity index is 1.89. The molecular weight excluding hydrogens is 309 g/mol. The molecule has 4 heteroatoms. The fourth-order valence-electron chi connectivity index (χ4n) is 2.74. The largest absolute Gasteiger partial charge is 0.489 e. The predicted molar refractivity (Wildman–Crippen MR) is 77.0 cm³/mol. The summed E-state index contributed by atoms with van der Waals surface area (Å²) in [4.78, 5) is 0. The second-order valence-corrected chi connectivity index (χ2v) is 6.33. The summed E-state index contributed by atoms with van der Waals surface area (Å²) in [5.74, 6) is 0.640. The lowest BCUT2D eigenvalue weighted by molar-refractivity contribution is 0.116. The predicted octanol–water partition coefficient (Wildman–Crippen LogP) is 4.33. The number of benzene rings is 1. The number of ether oxygens (including phenoxy) is 1. The molecular formula is C15H19BrFNO. The van der Waals surface area contributed by atoms with Gasteiger partial charge < -0.3 is 10.1 Å². The molecule has 2 fully saturated rings. The molecule has 2 nitrogen and oxygen atoms in total. The minimum atomic E-state index is -0.199. The molecule has 0 amide bonds. The molecule has 1 aromatic carbocycles. The van der Waals surface area contributed by atoms with Crippen molar-refractivity contribution in [3.05, 3.63) is 28.0 Å². The maximum Gasteiger partial charge on any atom is 0.138 e. The number of hydrogen-bond donors (Lipinski definition) is 1. The molecule has 104 valence electrons. The van der Waals surface area contributed by atoms with Crippen LogP contribution in [0.4, 0.5) is 4.39 Å². The first kappa shape index (κ1) is 13.4. The second kappa shape index (κ2) is 5.80. The molecule has 1 saturated carbocycles. The number of rotatable bonds is 3. The zero-order chi connectivity index (χ0) is 13.2. The molecule has 0 spiro atoms. The second-order valence-electron chi connectivity index (χ2n) is 5.48. The number of piperidine rings is 1. The van der Waals surface area contributed by atoms with Gasteiger partial charge in [-0.2, -0.15) is 0 Å². The van der Waals surface area contributed by atoms with Crippen molar-refractivity contribution >= 4 is 15.9 Å². The molecule has 3 rings (SSSR count). The molecule has 0 aromatic heterocycles. The van der Waals surface area contributed by atoms with E-state index in [2.05, 4.69) is 21.2 Å². The van der Waals surface area contributed by atoms with E-state index in [1.54, 1.807) is 6.07 Å². The third-order valence-electron chi connectivity index (χ3n) is 4.06. The van der Waals surface area contributed by atoms with Gasteiger partial charge in [0.25, 0.3) is 0 Å². The van der Waals surface area contributed by atoms with Gasteiger partial charge in [-0.15, -0.1) is 0 Å². The molecule has 19 heavy (non-hydrogen) atoms. The Morgan fingerprint density at radius 3 is 2.63 bits per heavy atom. The maximum absolute atomic E-state index is 13.7. The van der Waals surface area contributed by atoms with Crippen LogP contribution in [-0.2, 0) is 0 Å². The Kier molecular flexibility index (Phi) is 4.08. The summed E-state index contributed by atoms with van der Waals surface area (Å²) >= 11 is 3.45. The Hall–Kier alpha value is -0.610. The smallest absolute Gasteiger partial charge is 0.138 e. The fraction of sp³-hybridized carbons (Fsp3) is 0.600. The van der Waals surface area contributed by atoms with Gasteiger partial charge in [0.2, 0.25) is 0 Å². The van der Waals surface area contributed by atoms with Gasteiger partial charge in [-0.1, -0.05) is 6.42 Å². The molecule has 0 bridgehead atoms. The van der Waals surface area contributed by atoms with Gasteiger partial charge in [-0.25, -0.2) is 4.39 Å². The highest BCUT2D eigenvalue weighted by Gasteiger charge is 2.26. The van der Waals surface area contributed by atoms with Crippen LogP contribution in [0, 0.1) is 5.82 Å². The van der Waals surface area contributed by atoms with E-state index in [1.165, 1.54) is 25.3 Å². The highest BCUT2D eigenvalue weighted by Crippen LogP contribution is 2.39. The van der Waals surface area contributed by atoms with Crippen molar-refractivity contribution in [2.24, 2.45) is 0 Å². The van der Waals surface area contributed by atoms with E-state index >= 15 is 0 Å². The van der Waals surface area contributed by atoms with Crippen molar-refractivity contribution in [2.45, 2.75) is 50.7 Å². The average Bonchev–Trinajstić information content (AvgIpc) is 2.36. The van der Waals surface area contributed by atoms with Crippen LogP contribution in [0.15, 0.2) is 16.6 Å². The van der Waals surface area contributed by atoms with Crippen LogP contribution in [-0.4, -0.2) is 12.6 Å². The van der Waals surface area contributed by atoms with E-state index in [9.17, 15) is 4.39 Å². The lowest BCUT2D eigenvalue weighted by Gasteiger charge is -2.31. The minimum absolute atomic E-state index is 0.199. The number of halogens is 2. The summed E-state index contributed by atoms with van der Waals surface area (Å²) < 4.78 is 20.5. The van der Waals surface area contributed by atoms with Crippen LogP contribution in [0.3, 0.4) is 0 Å². The first-order valence-electron chi connectivity index (χ1n) is 7.13.